The van der Waals surface area contributed by atoms with E-state index in [1.54, 1.807) is 60.8 Å². The van der Waals surface area contributed by atoms with Gasteiger partial charge in [-0.15, -0.1) is 0 Å². The first kappa shape index (κ1) is 27.8. The number of furan rings is 1. The van der Waals surface area contributed by atoms with Crippen LogP contribution in [0.5, 0.6) is 5.75 Å². The molecule has 0 unspecified atom stereocenters. The van der Waals surface area contributed by atoms with Crippen molar-refractivity contribution in [3.8, 4) is 17.3 Å². The topological polar surface area (TPSA) is 72.9 Å². The third-order valence-electron chi connectivity index (χ3n) is 6.66. The number of para-hydroxylation sites is 1. The molecule has 0 aliphatic rings. The first-order valence-electron chi connectivity index (χ1n) is 12.9. The van der Waals surface area contributed by atoms with Gasteiger partial charge >= 0.3 is 0 Å². The van der Waals surface area contributed by atoms with Crippen LogP contribution in [0.2, 0.25) is 15.1 Å². The molecule has 0 amide bonds. The van der Waals surface area contributed by atoms with Crippen molar-refractivity contribution in [1.29, 1.82) is 0 Å². The normalized spacial score (nSPS) is 11.5. The number of benzene rings is 4. The standard InChI is InChI=1S/C32H23Cl3N4O3/c1-38(2)23-10-8-20(29(16-23)41-18-19-7-11-25(34)26(35)13-19)17-36-39-31(37-27-6-4-3-5-24(27)32(39)40)30-15-21-14-22(33)9-12-28(21)42-30/h3-17H,18H2,1-2H3. The molecule has 7 nitrogen and oxygen atoms in total. The molecule has 0 aliphatic heterocycles. The smallest absolute Gasteiger partial charge is 0.282 e. The molecule has 0 aliphatic carbocycles. The minimum Gasteiger partial charge on any atom is -0.488 e. The first-order chi connectivity index (χ1) is 20.3. The van der Waals surface area contributed by atoms with Crippen LogP contribution in [0, 0.1) is 0 Å². The molecule has 6 aromatic rings. The van der Waals surface area contributed by atoms with Crippen LogP contribution >= 0.6 is 34.8 Å². The third kappa shape index (κ3) is 5.59. The molecule has 210 valence electrons. The molecule has 0 N–H and O–H groups in total. The number of halogens is 3. The minimum absolute atomic E-state index is 0.249. The van der Waals surface area contributed by atoms with Gasteiger partial charge in [0.25, 0.3) is 5.56 Å². The summed E-state index contributed by atoms with van der Waals surface area (Å²) in [5.41, 5.74) is 3.25. The van der Waals surface area contributed by atoms with E-state index in [1.807, 2.05) is 49.3 Å². The minimum atomic E-state index is -0.339. The zero-order chi connectivity index (χ0) is 29.4. The fourth-order valence-electron chi connectivity index (χ4n) is 4.46. The maximum atomic E-state index is 13.7. The molecule has 0 saturated heterocycles. The van der Waals surface area contributed by atoms with Crippen molar-refractivity contribution < 1.29 is 9.15 Å². The van der Waals surface area contributed by atoms with Crippen molar-refractivity contribution in [2.45, 2.75) is 6.61 Å². The van der Waals surface area contributed by atoms with Gasteiger partial charge < -0.3 is 14.1 Å². The molecule has 2 aromatic heterocycles. The van der Waals surface area contributed by atoms with E-state index in [9.17, 15) is 4.79 Å². The zero-order valence-corrected chi connectivity index (χ0v) is 24.8. The lowest BCUT2D eigenvalue weighted by Gasteiger charge is -2.16. The second-order valence-electron chi connectivity index (χ2n) is 9.76. The highest BCUT2D eigenvalue weighted by molar-refractivity contribution is 6.42. The summed E-state index contributed by atoms with van der Waals surface area (Å²) in [6, 6.07) is 25.3. The Labute approximate surface area is 256 Å². The second kappa shape index (κ2) is 11.5. The molecule has 10 heteroatoms. The molecular weight excluding hydrogens is 595 g/mol. The number of aromatic nitrogens is 2. The van der Waals surface area contributed by atoms with Gasteiger partial charge in [0.2, 0.25) is 5.82 Å². The SMILES string of the molecule is CN(C)c1ccc(C=Nn2c(-c3cc4cc(Cl)ccc4o3)nc3ccccc3c2=O)c(OCc2ccc(Cl)c(Cl)c2)c1. The van der Waals surface area contributed by atoms with Crippen LogP contribution in [-0.2, 0) is 6.61 Å². The number of hydrogen-bond donors (Lipinski definition) is 0. The number of anilines is 1. The summed E-state index contributed by atoms with van der Waals surface area (Å²) in [7, 11) is 3.89. The number of ether oxygens (including phenoxy) is 1. The van der Waals surface area contributed by atoms with E-state index in [4.69, 9.17) is 48.9 Å². The molecule has 42 heavy (non-hydrogen) atoms. The molecule has 4 aromatic carbocycles. The maximum Gasteiger partial charge on any atom is 0.282 e. The van der Waals surface area contributed by atoms with Gasteiger partial charge in [-0.25, -0.2) is 4.98 Å². The van der Waals surface area contributed by atoms with Gasteiger partial charge in [-0.05, 0) is 66.2 Å². The van der Waals surface area contributed by atoms with Crippen molar-refractivity contribution in [2.24, 2.45) is 5.10 Å². The highest BCUT2D eigenvalue weighted by Gasteiger charge is 2.17. The molecule has 0 spiro atoms. The Morgan fingerprint density at radius 3 is 2.60 bits per heavy atom. The Morgan fingerprint density at radius 2 is 1.79 bits per heavy atom. The highest BCUT2D eigenvalue weighted by Crippen LogP contribution is 2.30. The first-order valence-corrected chi connectivity index (χ1v) is 14.0. The Balaban J connectivity index is 1.44. The number of rotatable bonds is 7. The lowest BCUT2D eigenvalue weighted by molar-refractivity contribution is 0.306. The third-order valence-corrected chi connectivity index (χ3v) is 7.63. The van der Waals surface area contributed by atoms with Gasteiger partial charge in [-0.3, -0.25) is 4.79 Å². The van der Waals surface area contributed by atoms with Crippen LogP contribution in [-0.4, -0.2) is 30.0 Å². The van der Waals surface area contributed by atoms with Gasteiger partial charge in [0.1, 0.15) is 17.9 Å². The maximum absolute atomic E-state index is 13.7. The lowest BCUT2D eigenvalue weighted by Crippen LogP contribution is -2.20. The molecule has 2 heterocycles. The summed E-state index contributed by atoms with van der Waals surface area (Å²) in [6.07, 6.45) is 1.57. The van der Waals surface area contributed by atoms with E-state index >= 15 is 0 Å². The van der Waals surface area contributed by atoms with Crippen LogP contribution in [0.1, 0.15) is 11.1 Å². The molecule has 0 radical (unpaired) electrons. The molecule has 0 fully saturated rings. The van der Waals surface area contributed by atoms with Crippen LogP contribution < -0.4 is 15.2 Å². The van der Waals surface area contributed by atoms with Crippen LogP contribution in [0.15, 0.2) is 99.2 Å². The number of nitrogens with zero attached hydrogens (tertiary/aromatic N) is 4. The van der Waals surface area contributed by atoms with Crippen LogP contribution in [0.4, 0.5) is 5.69 Å². The summed E-state index contributed by atoms with van der Waals surface area (Å²) in [5, 5.41) is 7.31. The van der Waals surface area contributed by atoms with Gasteiger partial charge in [0.05, 0.1) is 27.2 Å². The fraction of sp³-hybridized carbons (Fsp3) is 0.0938. The average molecular weight is 618 g/mol. The van der Waals surface area contributed by atoms with Gasteiger partial charge in [-0.2, -0.15) is 9.78 Å². The molecule has 6 rings (SSSR count). The number of hydrogen-bond acceptors (Lipinski definition) is 6. The Kier molecular flexibility index (Phi) is 7.64. The predicted octanol–water partition coefficient (Wildman–Crippen LogP) is 8.30. The van der Waals surface area contributed by atoms with Crippen LogP contribution in [0.3, 0.4) is 0 Å². The van der Waals surface area contributed by atoms with E-state index in [1.165, 1.54) is 4.68 Å². The Morgan fingerprint density at radius 1 is 0.952 bits per heavy atom. The monoisotopic (exact) mass is 616 g/mol. The van der Waals surface area contributed by atoms with Crippen molar-refractivity contribution in [3.05, 3.63) is 121 Å². The molecule has 0 saturated carbocycles. The summed E-state index contributed by atoms with van der Waals surface area (Å²) >= 11 is 18.5. The predicted molar refractivity (Wildman–Crippen MR) is 171 cm³/mol. The van der Waals surface area contributed by atoms with Gasteiger partial charge in [-0.1, -0.05) is 53.0 Å². The van der Waals surface area contributed by atoms with Crippen molar-refractivity contribution >= 4 is 68.6 Å². The van der Waals surface area contributed by atoms with Crippen LogP contribution in [0.25, 0.3) is 33.5 Å². The average Bonchev–Trinajstić information content (AvgIpc) is 3.40. The fourth-order valence-corrected chi connectivity index (χ4v) is 4.96. The summed E-state index contributed by atoms with van der Waals surface area (Å²) < 4.78 is 13.5. The largest absolute Gasteiger partial charge is 0.488 e. The second-order valence-corrected chi connectivity index (χ2v) is 11.0. The zero-order valence-electron chi connectivity index (χ0n) is 22.5. The summed E-state index contributed by atoms with van der Waals surface area (Å²) in [5.74, 6) is 1.20. The molecule has 0 bridgehead atoms. The number of fused-ring (bicyclic) bond motifs is 2. The summed E-state index contributed by atoms with van der Waals surface area (Å²) in [6.45, 7) is 0.249. The molecule has 0 atom stereocenters. The molecular formula is C32H23Cl3N4O3. The van der Waals surface area contributed by atoms with E-state index in [0.29, 0.717) is 48.6 Å². The Bertz CT molecular complexity index is 2050. The van der Waals surface area contributed by atoms with Crippen molar-refractivity contribution in [1.82, 2.24) is 9.66 Å². The summed E-state index contributed by atoms with van der Waals surface area (Å²) in [4.78, 5) is 20.4. The van der Waals surface area contributed by atoms with Crippen molar-refractivity contribution in [2.75, 3.05) is 19.0 Å². The van der Waals surface area contributed by atoms with Gasteiger partial charge in [0.15, 0.2) is 5.76 Å². The van der Waals surface area contributed by atoms with E-state index < -0.39 is 0 Å². The van der Waals surface area contributed by atoms with Gasteiger partial charge in [0, 0.05) is 41.8 Å². The quantitative estimate of drug-likeness (QED) is 0.169. The highest BCUT2D eigenvalue weighted by atomic mass is 35.5. The van der Waals surface area contributed by atoms with E-state index in [0.717, 1.165) is 16.6 Å². The van der Waals surface area contributed by atoms with Crippen molar-refractivity contribution in [3.63, 3.8) is 0 Å². The van der Waals surface area contributed by atoms with E-state index in [-0.39, 0.29) is 18.0 Å². The lowest BCUT2D eigenvalue weighted by atomic mass is 10.2. The van der Waals surface area contributed by atoms with E-state index in [2.05, 4.69) is 5.10 Å². The Hall–Kier alpha value is -4.30.